The van der Waals surface area contributed by atoms with Gasteiger partial charge in [0, 0.05) is 0 Å². The van der Waals surface area contributed by atoms with Crippen LogP contribution in [0.25, 0.3) is 0 Å². The van der Waals surface area contributed by atoms with Crippen LogP contribution in [-0.4, -0.2) is 3.92 Å². The molecular weight excluding hydrogens is 261 g/mol. The molecule has 2 rings (SSSR count). The molecule has 2 N–H and O–H groups in total. The Hall–Kier alpha value is 0.690. The number of halogens is 1. The van der Waals surface area contributed by atoms with Crippen molar-refractivity contribution in [1.82, 2.24) is 0 Å². The Labute approximate surface area is 86.1 Å². The summed E-state index contributed by atoms with van der Waals surface area (Å²) >= 11 is 0.0270. The number of hydrogen-bond acceptors (Lipinski definition) is 1. The number of alkyl halides is 1. The summed E-state index contributed by atoms with van der Waals surface area (Å²) in [4.78, 5) is 0. The van der Waals surface area contributed by atoms with E-state index in [4.69, 9.17) is 3.95 Å². The van der Waals surface area contributed by atoms with Crippen LogP contribution in [0.5, 0.6) is 0 Å². The number of rotatable bonds is 1. The molecule has 2 aliphatic rings. The minimum atomic E-state index is 0.0270. The summed E-state index contributed by atoms with van der Waals surface area (Å²) in [7, 11) is 0. The summed E-state index contributed by atoms with van der Waals surface area (Å²) < 4.78 is 6.88. The van der Waals surface area contributed by atoms with Crippen LogP contribution in [0, 0.1) is 17.8 Å². The zero-order chi connectivity index (χ0) is 8.55. The Kier molecular flexibility index (Phi) is 2.95. The van der Waals surface area contributed by atoms with E-state index in [2.05, 4.69) is 6.92 Å². The Bertz CT molecular complexity index is 158. The van der Waals surface area contributed by atoms with Gasteiger partial charge in [-0.3, -0.25) is 0 Å². The molecule has 0 aromatic heterocycles. The summed E-state index contributed by atoms with van der Waals surface area (Å²) in [6.45, 7) is 2.44. The van der Waals surface area contributed by atoms with Gasteiger partial charge in [-0.25, -0.2) is 0 Å². The average molecular weight is 280 g/mol. The van der Waals surface area contributed by atoms with E-state index in [1.54, 1.807) is 0 Å². The van der Waals surface area contributed by atoms with Crippen LogP contribution in [0.2, 0.25) is 0 Å². The summed E-state index contributed by atoms with van der Waals surface area (Å²) in [5.74, 6) is 3.09. The number of hydrogen-bond donors (Lipinski definition) is 1. The Morgan fingerprint density at radius 1 is 1.17 bits per heavy atom. The van der Waals surface area contributed by atoms with Crippen molar-refractivity contribution in [2.45, 2.75) is 43.0 Å². The molecule has 12 heavy (non-hydrogen) atoms. The first kappa shape index (κ1) is 9.25. The van der Waals surface area contributed by atoms with Gasteiger partial charge in [-0.1, -0.05) is 0 Å². The van der Waals surface area contributed by atoms with E-state index >= 15 is 0 Å². The Balaban J connectivity index is 2.03. The van der Waals surface area contributed by atoms with Crippen LogP contribution in [0.3, 0.4) is 0 Å². The fourth-order valence-electron chi connectivity index (χ4n) is 3.01. The molecule has 2 heteroatoms. The van der Waals surface area contributed by atoms with Gasteiger partial charge in [0.1, 0.15) is 0 Å². The van der Waals surface area contributed by atoms with Crippen molar-refractivity contribution in [2.24, 2.45) is 21.7 Å². The molecule has 2 aliphatic carbocycles. The molecule has 4 atom stereocenters. The molecule has 0 saturated heterocycles. The Morgan fingerprint density at radius 2 is 1.92 bits per heavy atom. The second-order valence-electron chi connectivity index (χ2n) is 4.54. The van der Waals surface area contributed by atoms with Gasteiger partial charge in [0.2, 0.25) is 0 Å². The van der Waals surface area contributed by atoms with Gasteiger partial charge in [0.15, 0.2) is 0 Å². The number of fused-ring (bicyclic) bond motifs is 2. The van der Waals surface area contributed by atoms with E-state index in [9.17, 15) is 0 Å². The van der Waals surface area contributed by atoms with Crippen molar-refractivity contribution in [1.29, 1.82) is 0 Å². The molecule has 0 heterocycles. The quantitative estimate of drug-likeness (QED) is 0.378. The average Bonchev–Trinajstić information content (AvgIpc) is 2.12. The second-order valence-corrected chi connectivity index (χ2v) is 6.86. The van der Waals surface area contributed by atoms with Crippen molar-refractivity contribution < 1.29 is 21.5 Å². The van der Waals surface area contributed by atoms with Gasteiger partial charge in [0.25, 0.3) is 0 Å². The van der Waals surface area contributed by atoms with Crippen molar-refractivity contribution in [3.8, 4) is 0 Å². The predicted octanol–water partition coefficient (Wildman–Crippen LogP) is -0.836. The second kappa shape index (κ2) is 3.82. The third-order valence-corrected chi connectivity index (χ3v) is 6.28. The minimum absolute atomic E-state index is 0.0270. The predicted molar refractivity (Wildman–Crippen MR) is 47.2 cm³/mol. The van der Waals surface area contributed by atoms with Crippen LogP contribution >= 0.6 is 0 Å². The monoisotopic (exact) mass is 280 g/mol. The maximum absolute atomic E-state index is 5.91. The van der Waals surface area contributed by atoms with Crippen molar-refractivity contribution in [3.05, 3.63) is 0 Å². The molecule has 0 radical (unpaired) electrons. The van der Waals surface area contributed by atoms with Crippen LogP contribution in [0.4, 0.5) is 0 Å². The van der Waals surface area contributed by atoms with Gasteiger partial charge in [-0.05, 0) is 0 Å². The van der Waals surface area contributed by atoms with Gasteiger partial charge in [0.05, 0.1) is 0 Å². The molecule has 0 spiro atoms. The first-order valence-electron chi connectivity index (χ1n) is 5.13. The first-order chi connectivity index (χ1) is 5.81. The third kappa shape index (κ3) is 1.65. The van der Waals surface area contributed by atoms with Crippen LogP contribution in [-0.2, 0) is 0 Å². The molecule has 2 fully saturated rings. The first-order valence-corrected chi connectivity index (χ1v) is 7.62. The molecule has 2 saturated carbocycles. The van der Waals surface area contributed by atoms with Gasteiger partial charge < -0.3 is 0 Å². The van der Waals surface area contributed by atoms with Crippen molar-refractivity contribution >= 4 is 0 Å². The fourth-order valence-corrected chi connectivity index (χ4v) is 5.34. The molecule has 2 bridgehead atoms. The third-order valence-electron chi connectivity index (χ3n) is 3.83. The van der Waals surface area contributed by atoms with Gasteiger partial charge in [-0.2, -0.15) is 0 Å². The summed E-state index contributed by atoms with van der Waals surface area (Å²) in [5, 5.41) is 0. The molecule has 1 nitrogen and oxygen atoms in total. The van der Waals surface area contributed by atoms with Crippen molar-refractivity contribution in [2.75, 3.05) is 0 Å². The van der Waals surface area contributed by atoms with Crippen LogP contribution in [0.1, 0.15) is 39.0 Å². The Morgan fingerprint density at radius 3 is 2.67 bits per heavy atom. The van der Waals surface area contributed by atoms with Gasteiger partial charge in [-0.15, -0.1) is 0 Å². The van der Waals surface area contributed by atoms with E-state index in [-0.39, 0.29) is 21.5 Å². The van der Waals surface area contributed by atoms with E-state index in [0.29, 0.717) is 0 Å². The van der Waals surface area contributed by atoms with E-state index in [0.717, 1.165) is 21.7 Å². The van der Waals surface area contributed by atoms with E-state index in [1.165, 1.54) is 32.1 Å². The van der Waals surface area contributed by atoms with E-state index in [1.807, 2.05) is 0 Å². The molecule has 0 amide bonds. The van der Waals surface area contributed by atoms with Crippen LogP contribution in [0.15, 0.2) is 0 Å². The van der Waals surface area contributed by atoms with Gasteiger partial charge >= 0.3 is 86.1 Å². The molecule has 0 aromatic carbocycles. The summed E-state index contributed by atoms with van der Waals surface area (Å²) in [6.07, 6.45) is 7.46. The topological polar surface area (TPSA) is 26.0 Å². The van der Waals surface area contributed by atoms with E-state index < -0.39 is 0 Å². The summed E-state index contributed by atoms with van der Waals surface area (Å²) in [6, 6.07) is 0. The molecule has 72 valence electrons. The number of nitrogens with two attached hydrogens (primary N) is 1. The maximum atomic E-state index is 5.91. The van der Waals surface area contributed by atoms with Crippen LogP contribution < -0.4 is 25.4 Å². The standard InChI is InChI=1S/C10H19IN/c1-7-5-10(11-12)9-4-2-3-8(7)6-9/h7-10H,2-6,12H2,1H3/q-1/t7-,8?,9?,10?/m0/s1. The molecule has 3 unspecified atom stereocenters. The SMILES string of the molecule is C[C@H]1CC([I-]N)C2CCCC1C2. The molecular formula is C10H19IN-. The molecule has 0 aliphatic heterocycles. The fraction of sp³-hybridized carbons (Fsp3) is 1.00. The summed E-state index contributed by atoms with van der Waals surface area (Å²) in [5.41, 5.74) is 0. The normalized spacial score (nSPS) is 47.8. The molecule has 0 aromatic rings. The van der Waals surface area contributed by atoms with Crippen molar-refractivity contribution in [3.63, 3.8) is 0 Å². The zero-order valence-corrected chi connectivity index (χ0v) is 9.96. The zero-order valence-electron chi connectivity index (χ0n) is 7.80.